The van der Waals surface area contributed by atoms with Gasteiger partial charge in [-0.05, 0) is 12.8 Å². The molecule has 0 amide bonds. The molecule has 1 saturated heterocycles. The van der Waals surface area contributed by atoms with Gasteiger partial charge in [-0.1, -0.05) is 0 Å². The summed E-state index contributed by atoms with van der Waals surface area (Å²) in [5.74, 6) is 0.608. The van der Waals surface area contributed by atoms with Gasteiger partial charge in [-0.3, -0.25) is 0 Å². The topological polar surface area (TPSA) is 32.7 Å². The minimum absolute atomic E-state index is 0.608. The Morgan fingerprint density at radius 3 is 2.50 bits per heavy atom. The smallest absolute Gasteiger partial charge is 0.111 e. The summed E-state index contributed by atoms with van der Waals surface area (Å²) in [6, 6.07) is 0. The van der Waals surface area contributed by atoms with E-state index in [1.165, 1.54) is 5.70 Å². The standard InChI is InChI=1S/C9H15NO2/c11-9-3-1-2-8(9)10-4-6-12-7-5-10/h11H,1-7H2. The van der Waals surface area contributed by atoms with Gasteiger partial charge in [0.1, 0.15) is 5.76 Å². The van der Waals surface area contributed by atoms with Crippen LogP contribution in [0.5, 0.6) is 0 Å². The highest BCUT2D eigenvalue weighted by Crippen LogP contribution is 2.27. The first-order valence-corrected chi connectivity index (χ1v) is 4.61. The van der Waals surface area contributed by atoms with Gasteiger partial charge in [0.25, 0.3) is 0 Å². The summed E-state index contributed by atoms with van der Waals surface area (Å²) in [7, 11) is 0. The Kier molecular flexibility index (Phi) is 2.21. The highest BCUT2D eigenvalue weighted by molar-refractivity contribution is 5.12. The molecule has 1 N–H and O–H groups in total. The van der Waals surface area contributed by atoms with E-state index in [4.69, 9.17) is 4.74 Å². The molecule has 0 radical (unpaired) electrons. The van der Waals surface area contributed by atoms with Gasteiger partial charge in [0, 0.05) is 19.5 Å². The van der Waals surface area contributed by atoms with Crippen molar-refractivity contribution in [2.45, 2.75) is 19.3 Å². The van der Waals surface area contributed by atoms with E-state index in [9.17, 15) is 5.11 Å². The fourth-order valence-corrected chi connectivity index (χ4v) is 1.89. The van der Waals surface area contributed by atoms with Crippen LogP contribution >= 0.6 is 0 Å². The minimum Gasteiger partial charge on any atom is -0.511 e. The summed E-state index contributed by atoms with van der Waals surface area (Å²) in [6.07, 6.45) is 3.02. The predicted molar refractivity (Wildman–Crippen MR) is 45.9 cm³/mol. The Labute approximate surface area is 72.6 Å². The average molecular weight is 169 g/mol. The minimum atomic E-state index is 0.608. The molecule has 1 heterocycles. The van der Waals surface area contributed by atoms with Crippen LogP contribution in [0, 0.1) is 0 Å². The van der Waals surface area contributed by atoms with Crippen molar-refractivity contribution in [2.75, 3.05) is 26.3 Å². The molecule has 1 fully saturated rings. The number of allylic oxidation sites excluding steroid dienone is 2. The van der Waals surface area contributed by atoms with E-state index >= 15 is 0 Å². The van der Waals surface area contributed by atoms with Crippen molar-refractivity contribution in [3.8, 4) is 0 Å². The molecular weight excluding hydrogens is 154 g/mol. The van der Waals surface area contributed by atoms with Crippen molar-refractivity contribution in [1.82, 2.24) is 4.90 Å². The van der Waals surface area contributed by atoms with Crippen molar-refractivity contribution in [3.05, 3.63) is 11.5 Å². The van der Waals surface area contributed by atoms with Gasteiger partial charge < -0.3 is 14.7 Å². The Hall–Kier alpha value is -0.700. The molecule has 12 heavy (non-hydrogen) atoms. The summed E-state index contributed by atoms with van der Waals surface area (Å²) in [6.45, 7) is 3.49. The van der Waals surface area contributed by atoms with Crippen LogP contribution in [0.2, 0.25) is 0 Å². The van der Waals surface area contributed by atoms with Crippen molar-refractivity contribution >= 4 is 0 Å². The zero-order chi connectivity index (χ0) is 8.39. The Morgan fingerprint density at radius 2 is 1.92 bits per heavy atom. The van der Waals surface area contributed by atoms with Crippen LogP contribution < -0.4 is 0 Å². The molecule has 0 aromatic rings. The van der Waals surface area contributed by atoms with Crippen LogP contribution in [0.4, 0.5) is 0 Å². The predicted octanol–water partition coefficient (Wildman–Crippen LogP) is 1.27. The summed E-state index contributed by atoms with van der Waals surface area (Å²) < 4.78 is 5.25. The van der Waals surface area contributed by atoms with E-state index in [1.807, 2.05) is 0 Å². The summed E-state index contributed by atoms with van der Waals surface area (Å²) in [5, 5.41) is 9.54. The second-order valence-corrected chi connectivity index (χ2v) is 3.35. The molecule has 0 unspecified atom stereocenters. The van der Waals surface area contributed by atoms with Crippen molar-refractivity contribution < 1.29 is 9.84 Å². The molecule has 0 bridgehead atoms. The molecule has 3 nitrogen and oxygen atoms in total. The number of nitrogens with zero attached hydrogens (tertiary/aromatic N) is 1. The Morgan fingerprint density at radius 1 is 1.17 bits per heavy atom. The second kappa shape index (κ2) is 3.35. The van der Waals surface area contributed by atoms with Gasteiger partial charge in [-0.2, -0.15) is 0 Å². The molecule has 0 aromatic heterocycles. The first-order valence-electron chi connectivity index (χ1n) is 4.61. The van der Waals surface area contributed by atoms with E-state index in [1.54, 1.807) is 0 Å². The van der Waals surface area contributed by atoms with E-state index < -0.39 is 0 Å². The first kappa shape index (κ1) is 7.92. The number of aliphatic hydroxyl groups excluding tert-OH is 1. The van der Waals surface area contributed by atoms with Crippen LogP contribution in [0.15, 0.2) is 11.5 Å². The van der Waals surface area contributed by atoms with Gasteiger partial charge >= 0.3 is 0 Å². The Bertz CT molecular complexity index is 195. The summed E-state index contributed by atoms with van der Waals surface area (Å²) in [5.41, 5.74) is 1.17. The van der Waals surface area contributed by atoms with Crippen LogP contribution in [-0.2, 0) is 4.74 Å². The zero-order valence-electron chi connectivity index (χ0n) is 7.25. The van der Waals surface area contributed by atoms with Gasteiger partial charge in [-0.25, -0.2) is 0 Å². The lowest BCUT2D eigenvalue weighted by Crippen LogP contribution is -2.35. The second-order valence-electron chi connectivity index (χ2n) is 3.35. The third-order valence-corrected chi connectivity index (χ3v) is 2.55. The maximum atomic E-state index is 9.54. The molecule has 0 saturated carbocycles. The fraction of sp³-hybridized carbons (Fsp3) is 0.778. The Balaban J connectivity index is 2.02. The van der Waals surface area contributed by atoms with Crippen LogP contribution in [-0.4, -0.2) is 36.3 Å². The molecule has 3 heteroatoms. The molecule has 68 valence electrons. The quantitative estimate of drug-likeness (QED) is 0.641. The molecule has 1 aliphatic carbocycles. The SMILES string of the molecule is OC1=C(N2CCOCC2)CCC1. The monoisotopic (exact) mass is 169 g/mol. The molecule has 0 aromatic carbocycles. The van der Waals surface area contributed by atoms with Crippen molar-refractivity contribution in [3.63, 3.8) is 0 Å². The highest BCUT2D eigenvalue weighted by Gasteiger charge is 2.21. The summed E-state index contributed by atoms with van der Waals surface area (Å²) >= 11 is 0. The summed E-state index contributed by atoms with van der Waals surface area (Å²) in [4.78, 5) is 2.26. The van der Waals surface area contributed by atoms with Crippen molar-refractivity contribution in [1.29, 1.82) is 0 Å². The van der Waals surface area contributed by atoms with E-state index in [0.717, 1.165) is 45.6 Å². The molecular formula is C9H15NO2. The normalized spacial score (nSPS) is 25.2. The van der Waals surface area contributed by atoms with Gasteiger partial charge in [0.2, 0.25) is 0 Å². The van der Waals surface area contributed by atoms with Crippen LogP contribution in [0.25, 0.3) is 0 Å². The number of rotatable bonds is 1. The third kappa shape index (κ3) is 1.41. The molecule has 0 spiro atoms. The number of morpholine rings is 1. The van der Waals surface area contributed by atoms with E-state index in [0.29, 0.717) is 5.76 Å². The maximum absolute atomic E-state index is 9.54. The van der Waals surface area contributed by atoms with E-state index in [2.05, 4.69) is 4.90 Å². The van der Waals surface area contributed by atoms with Crippen LogP contribution in [0.3, 0.4) is 0 Å². The lowest BCUT2D eigenvalue weighted by atomic mass is 10.3. The molecule has 0 atom stereocenters. The maximum Gasteiger partial charge on any atom is 0.111 e. The average Bonchev–Trinajstić information content (AvgIpc) is 2.53. The number of ether oxygens (including phenoxy) is 1. The lowest BCUT2D eigenvalue weighted by Gasteiger charge is -2.29. The number of hydrogen-bond donors (Lipinski definition) is 1. The zero-order valence-corrected chi connectivity index (χ0v) is 7.25. The lowest BCUT2D eigenvalue weighted by molar-refractivity contribution is 0.0509. The van der Waals surface area contributed by atoms with Gasteiger partial charge in [0.05, 0.1) is 18.9 Å². The largest absolute Gasteiger partial charge is 0.511 e. The first-order chi connectivity index (χ1) is 5.88. The highest BCUT2D eigenvalue weighted by atomic mass is 16.5. The molecule has 2 aliphatic rings. The number of hydrogen-bond acceptors (Lipinski definition) is 3. The fourth-order valence-electron chi connectivity index (χ4n) is 1.89. The van der Waals surface area contributed by atoms with Crippen LogP contribution in [0.1, 0.15) is 19.3 Å². The van der Waals surface area contributed by atoms with Gasteiger partial charge in [0.15, 0.2) is 0 Å². The molecule has 2 rings (SSSR count). The third-order valence-electron chi connectivity index (χ3n) is 2.55. The molecule has 1 aliphatic heterocycles. The van der Waals surface area contributed by atoms with Gasteiger partial charge in [-0.15, -0.1) is 0 Å². The van der Waals surface area contributed by atoms with E-state index in [-0.39, 0.29) is 0 Å². The number of aliphatic hydroxyl groups is 1. The van der Waals surface area contributed by atoms with Crippen molar-refractivity contribution in [2.24, 2.45) is 0 Å².